The number of aliphatic hydroxyl groups excluding tert-OH is 1. The summed E-state index contributed by atoms with van der Waals surface area (Å²) in [5.74, 6) is 0.372. The standard InChI is InChI=1S/C20H18ClFN2O2S/c21-14-3-1-2-13-16(25)11-20(26-18(13)14)6-8-24(9-7-20)19-23-15-5-4-12(22)10-17(15)27-19/h1-5,10,16,25H,6-9,11H2. The molecule has 0 saturated carbocycles. The summed E-state index contributed by atoms with van der Waals surface area (Å²) in [6, 6.07) is 10.2. The van der Waals surface area contributed by atoms with E-state index in [1.807, 2.05) is 12.1 Å². The molecule has 27 heavy (non-hydrogen) atoms. The van der Waals surface area contributed by atoms with Gasteiger partial charge in [-0.25, -0.2) is 9.37 Å². The van der Waals surface area contributed by atoms with E-state index in [0.29, 0.717) is 17.2 Å². The van der Waals surface area contributed by atoms with Gasteiger partial charge in [0.2, 0.25) is 0 Å². The molecule has 1 N–H and O–H groups in total. The second-order valence-electron chi connectivity index (χ2n) is 7.26. The molecule has 4 nitrogen and oxygen atoms in total. The summed E-state index contributed by atoms with van der Waals surface area (Å²) >= 11 is 7.82. The van der Waals surface area contributed by atoms with Gasteiger partial charge in [-0.05, 0) is 24.3 Å². The number of piperidine rings is 1. The van der Waals surface area contributed by atoms with Crippen LogP contribution in [0.1, 0.15) is 30.9 Å². The molecule has 2 aliphatic rings. The zero-order valence-corrected chi connectivity index (χ0v) is 16.1. The predicted molar refractivity (Wildman–Crippen MR) is 105 cm³/mol. The summed E-state index contributed by atoms with van der Waals surface area (Å²) in [6.07, 6.45) is 1.56. The average molecular weight is 405 g/mol. The predicted octanol–water partition coefficient (Wildman–Crippen LogP) is 4.94. The van der Waals surface area contributed by atoms with Crippen LogP contribution < -0.4 is 9.64 Å². The van der Waals surface area contributed by atoms with Crippen molar-refractivity contribution in [1.82, 2.24) is 4.98 Å². The maximum atomic E-state index is 13.4. The third kappa shape index (κ3) is 2.96. The van der Waals surface area contributed by atoms with Gasteiger partial charge in [0.15, 0.2) is 5.13 Å². The lowest BCUT2D eigenvalue weighted by atomic mass is 9.82. The van der Waals surface area contributed by atoms with Crippen LogP contribution in [0.15, 0.2) is 36.4 Å². The molecular formula is C20H18ClFN2O2S. The molecule has 1 unspecified atom stereocenters. The number of para-hydroxylation sites is 1. The molecule has 3 aromatic rings. The van der Waals surface area contributed by atoms with Crippen LogP contribution in [0.5, 0.6) is 5.75 Å². The molecule has 1 aromatic heterocycles. The molecule has 0 aliphatic carbocycles. The zero-order valence-electron chi connectivity index (χ0n) is 14.5. The SMILES string of the molecule is OC1CC2(CCN(c3nc4ccc(F)cc4s3)CC2)Oc2c(Cl)cccc21. The van der Waals surface area contributed by atoms with Crippen LogP contribution in [-0.2, 0) is 0 Å². The Morgan fingerprint density at radius 3 is 2.89 bits per heavy atom. The topological polar surface area (TPSA) is 45.6 Å². The van der Waals surface area contributed by atoms with Crippen LogP contribution in [0.25, 0.3) is 10.2 Å². The van der Waals surface area contributed by atoms with Crippen LogP contribution >= 0.6 is 22.9 Å². The van der Waals surface area contributed by atoms with Crippen LogP contribution in [-0.4, -0.2) is 28.8 Å². The Morgan fingerprint density at radius 2 is 2.07 bits per heavy atom. The monoisotopic (exact) mass is 404 g/mol. The molecule has 1 saturated heterocycles. The Morgan fingerprint density at radius 1 is 1.26 bits per heavy atom. The number of nitrogens with zero attached hydrogens (tertiary/aromatic N) is 2. The van der Waals surface area contributed by atoms with Gasteiger partial charge in [0, 0.05) is 37.9 Å². The van der Waals surface area contributed by atoms with Crippen molar-refractivity contribution in [2.24, 2.45) is 0 Å². The summed E-state index contributed by atoms with van der Waals surface area (Å²) in [5, 5.41) is 12.1. The molecule has 3 heterocycles. The van der Waals surface area contributed by atoms with E-state index in [-0.39, 0.29) is 5.82 Å². The number of benzene rings is 2. The largest absolute Gasteiger partial charge is 0.485 e. The van der Waals surface area contributed by atoms with E-state index in [9.17, 15) is 9.50 Å². The highest BCUT2D eigenvalue weighted by atomic mass is 35.5. The molecule has 0 bridgehead atoms. The van der Waals surface area contributed by atoms with E-state index in [1.54, 1.807) is 12.1 Å². The zero-order chi connectivity index (χ0) is 18.6. The Balaban J connectivity index is 1.37. The third-order valence-corrected chi connectivity index (χ3v) is 6.90. The van der Waals surface area contributed by atoms with Crippen molar-refractivity contribution in [3.8, 4) is 5.75 Å². The summed E-state index contributed by atoms with van der Waals surface area (Å²) in [4.78, 5) is 6.86. The van der Waals surface area contributed by atoms with Gasteiger partial charge in [0.25, 0.3) is 0 Å². The minimum atomic E-state index is -0.565. The molecule has 1 atom stereocenters. The molecule has 1 spiro atoms. The number of fused-ring (bicyclic) bond motifs is 2. The Labute approximate surface area is 165 Å². The highest BCUT2D eigenvalue weighted by Gasteiger charge is 2.43. The number of thiazole rings is 1. The highest BCUT2D eigenvalue weighted by molar-refractivity contribution is 7.22. The van der Waals surface area contributed by atoms with Gasteiger partial charge >= 0.3 is 0 Å². The van der Waals surface area contributed by atoms with Gasteiger partial charge in [-0.15, -0.1) is 0 Å². The van der Waals surface area contributed by atoms with Crippen molar-refractivity contribution >= 4 is 38.3 Å². The quantitative estimate of drug-likeness (QED) is 0.623. The molecule has 1 fully saturated rings. The summed E-state index contributed by atoms with van der Waals surface area (Å²) < 4.78 is 20.6. The first-order chi connectivity index (χ1) is 13.0. The fourth-order valence-electron chi connectivity index (χ4n) is 4.05. The molecule has 0 radical (unpaired) electrons. The molecule has 2 aromatic carbocycles. The van der Waals surface area contributed by atoms with Crippen LogP contribution in [0.3, 0.4) is 0 Å². The van der Waals surface area contributed by atoms with E-state index < -0.39 is 11.7 Å². The van der Waals surface area contributed by atoms with E-state index in [0.717, 1.165) is 46.8 Å². The first-order valence-electron chi connectivity index (χ1n) is 9.00. The van der Waals surface area contributed by atoms with Crippen LogP contribution in [0.2, 0.25) is 5.02 Å². The third-order valence-electron chi connectivity index (χ3n) is 5.52. The van der Waals surface area contributed by atoms with Gasteiger partial charge in [-0.1, -0.05) is 35.1 Å². The van der Waals surface area contributed by atoms with Crippen LogP contribution in [0, 0.1) is 5.82 Å². The molecule has 5 rings (SSSR count). The van der Waals surface area contributed by atoms with Crippen molar-refractivity contribution < 1.29 is 14.2 Å². The number of hydrogen-bond acceptors (Lipinski definition) is 5. The maximum Gasteiger partial charge on any atom is 0.186 e. The fourth-order valence-corrected chi connectivity index (χ4v) is 5.31. The lowest BCUT2D eigenvalue weighted by Crippen LogP contribution is -2.50. The average Bonchev–Trinajstić information content (AvgIpc) is 3.06. The number of halogens is 2. The van der Waals surface area contributed by atoms with Crippen molar-refractivity contribution in [2.45, 2.75) is 31.0 Å². The van der Waals surface area contributed by atoms with Crippen molar-refractivity contribution in [2.75, 3.05) is 18.0 Å². The number of anilines is 1. The Bertz CT molecular complexity index is 1020. The van der Waals surface area contributed by atoms with Gasteiger partial charge in [-0.2, -0.15) is 0 Å². The first-order valence-corrected chi connectivity index (χ1v) is 10.2. The van der Waals surface area contributed by atoms with E-state index >= 15 is 0 Å². The molecule has 2 aliphatic heterocycles. The Hall–Kier alpha value is -1.89. The van der Waals surface area contributed by atoms with Gasteiger partial charge in [-0.3, -0.25) is 0 Å². The van der Waals surface area contributed by atoms with Crippen LogP contribution in [0.4, 0.5) is 9.52 Å². The molecule has 0 amide bonds. The minimum absolute atomic E-state index is 0.240. The minimum Gasteiger partial charge on any atom is -0.485 e. The Kier molecular flexibility index (Phi) is 4.04. The van der Waals surface area contributed by atoms with Crippen molar-refractivity contribution in [1.29, 1.82) is 0 Å². The number of aromatic nitrogens is 1. The van der Waals surface area contributed by atoms with Gasteiger partial charge in [0.1, 0.15) is 17.2 Å². The number of rotatable bonds is 1. The van der Waals surface area contributed by atoms with E-state index in [4.69, 9.17) is 16.3 Å². The van der Waals surface area contributed by atoms with Gasteiger partial charge < -0.3 is 14.7 Å². The summed E-state index contributed by atoms with van der Waals surface area (Å²) in [6.45, 7) is 1.55. The highest BCUT2D eigenvalue weighted by Crippen LogP contribution is 2.47. The normalized spacial score (nSPS) is 21.3. The van der Waals surface area contributed by atoms with E-state index in [1.165, 1.54) is 23.5 Å². The molecule has 7 heteroatoms. The summed E-state index contributed by atoms with van der Waals surface area (Å²) in [5.41, 5.74) is 1.18. The second-order valence-corrected chi connectivity index (χ2v) is 8.68. The summed E-state index contributed by atoms with van der Waals surface area (Å²) in [7, 11) is 0. The maximum absolute atomic E-state index is 13.4. The van der Waals surface area contributed by atoms with Crippen molar-refractivity contribution in [3.05, 3.63) is 52.8 Å². The van der Waals surface area contributed by atoms with E-state index in [2.05, 4.69) is 9.88 Å². The number of hydrogen-bond donors (Lipinski definition) is 1. The second kappa shape index (κ2) is 6.33. The van der Waals surface area contributed by atoms with Crippen molar-refractivity contribution in [3.63, 3.8) is 0 Å². The fraction of sp³-hybridized carbons (Fsp3) is 0.350. The number of ether oxygens (including phenoxy) is 1. The molecule has 140 valence electrons. The van der Waals surface area contributed by atoms with Gasteiger partial charge in [0.05, 0.1) is 21.3 Å². The lowest BCUT2D eigenvalue weighted by Gasteiger charge is -2.46. The first kappa shape index (κ1) is 17.2. The molecular weight excluding hydrogens is 387 g/mol. The smallest absolute Gasteiger partial charge is 0.186 e. The number of aliphatic hydroxyl groups is 1. The lowest BCUT2D eigenvalue weighted by molar-refractivity contribution is -0.0299.